The minimum absolute atomic E-state index is 0.193. The topological polar surface area (TPSA) is 56.8 Å². The number of hydrogen-bond acceptors (Lipinski definition) is 5. The number of rotatable bonds is 8. The Kier molecular flexibility index (Phi) is 7.84. The van der Waals surface area contributed by atoms with Crippen molar-refractivity contribution in [3.63, 3.8) is 0 Å². The van der Waals surface area contributed by atoms with Crippen molar-refractivity contribution in [2.75, 3.05) is 5.32 Å². The molecule has 5 nitrogen and oxygen atoms in total. The van der Waals surface area contributed by atoms with Gasteiger partial charge in [-0.2, -0.15) is 0 Å². The molecule has 0 amide bonds. The van der Waals surface area contributed by atoms with Gasteiger partial charge in [-0.1, -0.05) is 42.5 Å². The number of allylic oxidation sites excluding steroid dienone is 1. The quantitative estimate of drug-likeness (QED) is 0.176. The number of halogens is 1. The molecule has 0 atom stereocenters. The van der Waals surface area contributed by atoms with E-state index in [-0.39, 0.29) is 24.6 Å². The summed E-state index contributed by atoms with van der Waals surface area (Å²) in [6.45, 7) is 10.7. The maximum atomic E-state index is 14.0. The number of nitrogens with one attached hydrogen (secondary N) is 1. The summed E-state index contributed by atoms with van der Waals surface area (Å²) in [5, 5.41) is 3.59. The maximum absolute atomic E-state index is 14.0. The molecule has 5 rings (SSSR count). The molecule has 6 heteroatoms. The molecule has 0 aromatic heterocycles. The van der Waals surface area contributed by atoms with E-state index in [1.807, 2.05) is 32.0 Å². The molecular formula is C35H34FNO4. The third-order valence-corrected chi connectivity index (χ3v) is 7.12. The first-order chi connectivity index (χ1) is 19.6. The SMILES string of the molecule is CC1=CC(C)(C)Nc2ccc(COc3cc(OC(=O)c4ccccc4)ccc3C)c(COc3cc(F)ccc3C)c21. The molecule has 1 N–H and O–H groups in total. The molecule has 1 aliphatic rings. The molecule has 1 aliphatic heterocycles. The summed E-state index contributed by atoms with van der Waals surface area (Å²) in [6.07, 6.45) is 2.20. The normalized spacial score (nSPS) is 13.5. The minimum atomic E-state index is -0.431. The van der Waals surface area contributed by atoms with Crippen LogP contribution in [-0.4, -0.2) is 11.5 Å². The highest BCUT2D eigenvalue weighted by Gasteiger charge is 2.26. The molecule has 0 aliphatic carbocycles. The Balaban J connectivity index is 1.42. The summed E-state index contributed by atoms with van der Waals surface area (Å²) in [6, 6.07) is 22.9. The van der Waals surface area contributed by atoms with Crippen molar-refractivity contribution in [1.82, 2.24) is 0 Å². The predicted molar refractivity (Wildman–Crippen MR) is 160 cm³/mol. The van der Waals surface area contributed by atoms with E-state index in [9.17, 15) is 9.18 Å². The fraction of sp³-hybridized carbons (Fsp3) is 0.229. The zero-order valence-electron chi connectivity index (χ0n) is 24.0. The second kappa shape index (κ2) is 11.5. The van der Waals surface area contributed by atoms with E-state index in [0.717, 1.165) is 39.1 Å². The fourth-order valence-electron chi connectivity index (χ4n) is 5.12. The monoisotopic (exact) mass is 551 g/mol. The van der Waals surface area contributed by atoms with E-state index in [4.69, 9.17) is 14.2 Å². The van der Waals surface area contributed by atoms with Crippen molar-refractivity contribution >= 4 is 17.2 Å². The van der Waals surface area contributed by atoms with Gasteiger partial charge in [-0.3, -0.25) is 0 Å². The Bertz CT molecular complexity index is 1630. The first kappa shape index (κ1) is 28.0. The van der Waals surface area contributed by atoms with Crippen molar-refractivity contribution in [1.29, 1.82) is 0 Å². The van der Waals surface area contributed by atoms with Crippen molar-refractivity contribution < 1.29 is 23.4 Å². The highest BCUT2D eigenvalue weighted by Crippen LogP contribution is 2.38. The molecule has 0 spiro atoms. The molecule has 0 saturated heterocycles. The summed E-state index contributed by atoms with van der Waals surface area (Å²) < 4.78 is 32.1. The first-order valence-corrected chi connectivity index (χ1v) is 13.6. The highest BCUT2D eigenvalue weighted by molar-refractivity contribution is 5.91. The van der Waals surface area contributed by atoms with Crippen LogP contribution >= 0.6 is 0 Å². The molecule has 1 heterocycles. The van der Waals surface area contributed by atoms with Crippen LogP contribution < -0.4 is 19.5 Å². The Morgan fingerprint density at radius 1 is 0.829 bits per heavy atom. The molecule has 4 aromatic rings. The van der Waals surface area contributed by atoms with Gasteiger partial charge in [-0.15, -0.1) is 0 Å². The van der Waals surface area contributed by atoms with E-state index in [2.05, 4.69) is 38.2 Å². The lowest BCUT2D eigenvalue weighted by Crippen LogP contribution is -2.32. The van der Waals surface area contributed by atoms with Gasteiger partial charge in [-0.05, 0) is 87.2 Å². The zero-order valence-corrected chi connectivity index (χ0v) is 24.0. The van der Waals surface area contributed by atoms with E-state index in [1.165, 1.54) is 12.1 Å². The molecule has 0 saturated carbocycles. The molecule has 41 heavy (non-hydrogen) atoms. The average Bonchev–Trinajstić information content (AvgIpc) is 2.93. The average molecular weight is 552 g/mol. The number of anilines is 1. The molecule has 4 aromatic carbocycles. The van der Waals surface area contributed by atoms with E-state index >= 15 is 0 Å². The largest absolute Gasteiger partial charge is 0.488 e. The van der Waals surface area contributed by atoms with Gasteiger partial charge in [0.1, 0.15) is 36.3 Å². The smallest absolute Gasteiger partial charge is 0.343 e. The van der Waals surface area contributed by atoms with Gasteiger partial charge in [0.2, 0.25) is 0 Å². The number of carbonyl (C=O) groups excluding carboxylic acids is 1. The van der Waals surface area contributed by atoms with Gasteiger partial charge in [0.05, 0.1) is 11.1 Å². The molecule has 0 bridgehead atoms. The lowest BCUT2D eigenvalue weighted by atomic mass is 9.87. The van der Waals surface area contributed by atoms with Gasteiger partial charge in [0.25, 0.3) is 0 Å². The van der Waals surface area contributed by atoms with Gasteiger partial charge in [-0.25, -0.2) is 9.18 Å². The van der Waals surface area contributed by atoms with Crippen molar-refractivity contribution in [3.05, 3.63) is 124 Å². The van der Waals surface area contributed by atoms with Crippen LogP contribution in [0.15, 0.2) is 84.9 Å². The molecular weight excluding hydrogens is 517 g/mol. The summed E-state index contributed by atoms with van der Waals surface area (Å²) in [4.78, 5) is 12.6. The first-order valence-electron chi connectivity index (χ1n) is 13.6. The molecule has 0 unspecified atom stereocenters. The van der Waals surface area contributed by atoms with Crippen LogP contribution in [-0.2, 0) is 13.2 Å². The van der Waals surface area contributed by atoms with Crippen LogP contribution in [0.2, 0.25) is 0 Å². The van der Waals surface area contributed by atoms with Crippen LogP contribution in [0.1, 0.15) is 58.9 Å². The minimum Gasteiger partial charge on any atom is -0.488 e. The summed E-state index contributed by atoms with van der Waals surface area (Å²) in [5.41, 5.74) is 7.16. The summed E-state index contributed by atoms with van der Waals surface area (Å²) in [5.74, 6) is 0.747. The Hall–Kier alpha value is -4.58. The maximum Gasteiger partial charge on any atom is 0.343 e. The summed E-state index contributed by atoms with van der Waals surface area (Å²) in [7, 11) is 0. The zero-order chi connectivity index (χ0) is 29.1. The second-order valence-corrected chi connectivity index (χ2v) is 11.0. The highest BCUT2D eigenvalue weighted by atomic mass is 19.1. The number of ether oxygens (including phenoxy) is 3. The lowest BCUT2D eigenvalue weighted by Gasteiger charge is -2.33. The van der Waals surface area contributed by atoms with Crippen LogP contribution in [0.4, 0.5) is 10.1 Å². The number of aryl methyl sites for hydroxylation is 2. The van der Waals surface area contributed by atoms with Crippen molar-refractivity contribution in [2.24, 2.45) is 0 Å². The third-order valence-electron chi connectivity index (χ3n) is 7.12. The standard InChI is InChI=1S/C35H34FNO4/c1-22-11-14-27(36)17-31(22)40-21-29-26(13-16-30-33(29)24(3)19-35(4,5)37-30)20-39-32-18-28(15-12-23(32)2)41-34(38)25-9-7-6-8-10-25/h6-19,37H,20-21H2,1-5H3. The molecule has 0 radical (unpaired) electrons. The number of benzene rings is 4. The summed E-state index contributed by atoms with van der Waals surface area (Å²) >= 11 is 0. The fourth-order valence-corrected chi connectivity index (χ4v) is 5.12. The molecule has 210 valence electrons. The van der Waals surface area contributed by atoms with Crippen molar-refractivity contribution in [3.8, 4) is 17.2 Å². The number of esters is 1. The van der Waals surface area contributed by atoms with Crippen LogP contribution in [0, 0.1) is 19.7 Å². The second-order valence-electron chi connectivity index (χ2n) is 11.0. The number of fused-ring (bicyclic) bond motifs is 1. The van der Waals surface area contributed by atoms with E-state index in [1.54, 1.807) is 42.5 Å². The Morgan fingerprint density at radius 3 is 2.27 bits per heavy atom. The van der Waals surface area contributed by atoms with Gasteiger partial charge >= 0.3 is 5.97 Å². The van der Waals surface area contributed by atoms with Gasteiger partial charge in [0, 0.05) is 28.9 Å². The van der Waals surface area contributed by atoms with E-state index < -0.39 is 5.97 Å². The third kappa shape index (κ3) is 6.43. The predicted octanol–water partition coefficient (Wildman–Crippen LogP) is 8.43. The van der Waals surface area contributed by atoms with Crippen LogP contribution in [0.3, 0.4) is 0 Å². The molecule has 0 fully saturated rings. The Morgan fingerprint density at radius 2 is 1.51 bits per heavy atom. The van der Waals surface area contributed by atoms with Crippen LogP contribution in [0.25, 0.3) is 5.57 Å². The van der Waals surface area contributed by atoms with Crippen LogP contribution in [0.5, 0.6) is 17.2 Å². The van der Waals surface area contributed by atoms with Gasteiger partial charge < -0.3 is 19.5 Å². The number of carbonyl (C=O) groups is 1. The number of hydrogen-bond donors (Lipinski definition) is 1. The van der Waals surface area contributed by atoms with E-state index in [0.29, 0.717) is 22.8 Å². The lowest BCUT2D eigenvalue weighted by molar-refractivity contribution is 0.0734. The van der Waals surface area contributed by atoms with Crippen molar-refractivity contribution in [2.45, 2.75) is 53.4 Å². The van der Waals surface area contributed by atoms with Gasteiger partial charge in [0.15, 0.2) is 0 Å². The Labute approximate surface area is 240 Å².